The van der Waals surface area contributed by atoms with Gasteiger partial charge in [-0.3, -0.25) is 0 Å². The number of halogens is 4. The van der Waals surface area contributed by atoms with Crippen LogP contribution in [-0.2, 0) is 0 Å². The lowest BCUT2D eigenvalue weighted by molar-refractivity contribution is 0.598. The molecular weight excluding hydrogens is 376 g/mol. The van der Waals surface area contributed by atoms with Gasteiger partial charge < -0.3 is 5.32 Å². The number of rotatable bonds is 4. The molecular formula is C16H15BrCl2FN. The van der Waals surface area contributed by atoms with Crippen molar-refractivity contribution in [3.63, 3.8) is 0 Å². The molecule has 112 valence electrons. The minimum absolute atomic E-state index is 0.0775. The Hall–Kier alpha value is -0.610. The minimum Gasteiger partial charge on any atom is -0.310 e. The van der Waals surface area contributed by atoms with Gasteiger partial charge in [0.05, 0.1) is 5.02 Å². The molecule has 2 aromatic carbocycles. The molecule has 0 aliphatic heterocycles. The summed E-state index contributed by atoms with van der Waals surface area (Å²) in [6, 6.07) is 9.11. The van der Waals surface area contributed by atoms with Crippen LogP contribution in [0.2, 0.25) is 10.0 Å². The zero-order valence-corrected chi connectivity index (χ0v) is 14.8. The molecule has 1 unspecified atom stereocenters. The third kappa shape index (κ3) is 3.59. The number of benzene rings is 2. The van der Waals surface area contributed by atoms with E-state index in [4.69, 9.17) is 23.2 Å². The number of hydrogen-bond donors (Lipinski definition) is 1. The molecule has 0 bridgehead atoms. The van der Waals surface area contributed by atoms with E-state index in [-0.39, 0.29) is 11.1 Å². The molecule has 0 saturated carbocycles. The van der Waals surface area contributed by atoms with Crippen molar-refractivity contribution in [2.45, 2.75) is 19.9 Å². The molecule has 5 heteroatoms. The summed E-state index contributed by atoms with van der Waals surface area (Å²) in [5.41, 5.74) is 2.14. The standard InChI is InChI=1S/C16H15BrCl2FN/c1-3-21-9(2)11-5-4-10(8-14(11)18)12-6-7-13(17)15(19)16(12)20/h4-9,21H,3H2,1-2H3. The van der Waals surface area contributed by atoms with Gasteiger partial charge in [-0.25, -0.2) is 4.39 Å². The van der Waals surface area contributed by atoms with Crippen LogP contribution in [0.15, 0.2) is 34.8 Å². The molecule has 0 saturated heterocycles. The van der Waals surface area contributed by atoms with Gasteiger partial charge in [0, 0.05) is 21.1 Å². The summed E-state index contributed by atoms with van der Waals surface area (Å²) < 4.78 is 14.8. The van der Waals surface area contributed by atoms with Crippen LogP contribution in [0.1, 0.15) is 25.5 Å². The molecule has 1 N–H and O–H groups in total. The maximum Gasteiger partial charge on any atom is 0.150 e. The predicted molar refractivity (Wildman–Crippen MR) is 91.6 cm³/mol. The zero-order valence-electron chi connectivity index (χ0n) is 11.7. The van der Waals surface area contributed by atoms with Gasteiger partial charge >= 0.3 is 0 Å². The molecule has 0 aliphatic carbocycles. The maximum atomic E-state index is 14.2. The lowest BCUT2D eigenvalue weighted by atomic mass is 10.0. The molecule has 2 aromatic rings. The summed E-state index contributed by atoms with van der Waals surface area (Å²) in [5.74, 6) is -0.449. The van der Waals surface area contributed by atoms with E-state index in [9.17, 15) is 4.39 Å². The molecule has 1 nitrogen and oxygen atoms in total. The van der Waals surface area contributed by atoms with Crippen LogP contribution in [0.5, 0.6) is 0 Å². The van der Waals surface area contributed by atoms with Gasteiger partial charge in [0.15, 0.2) is 5.82 Å². The quantitative estimate of drug-likeness (QED) is 0.610. The van der Waals surface area contributed by atoms with Crippen LogP contribution in [0.3, 0.4) is 0 Å². The lowest BCUT2D eigenvalue weighted by Gasteiger charge is -2.15. The normalized spacial score (nSPS) is 12.5. The lowest BCUT2D eigenvalue weighted by Crippen LogP contribution is -2.17. The van der Waals surface area contributed by atoms with E-state index < -0.39 is 5.82 Å². The third-order valence-electron chi connectivity index (χ3n) is 3.32. The summed E-state index contributed by atoms with van der Waals surface area (Å²) in [7, 11) is 0. The first kappa shape index (κ1) is 16.8. The molecule has 21 heavy (non-hydrogen) atoms. The Morgan fingerprint density at radius 3 is 2.57 bits per heavy atom. The van der Waals surface area contributed by atoms with Crippen molar-refractivity contribution >= 4 is 39.1 Å². The molecule has 0 heterocycles. The minimum atomic E-state index is -0.449. The molecule has 0 aliphatic rings. The van der Waals surface area contributed by atoms with E-state index in [1.54, 1.807) is 18.2 Å². The van der Waals surface area contributed by atoms with E-state index in [0.29, 0.717) is 20.6 Å². The summed E-state index contributed by atoms with van der Waals surface area (Å²) in [6.45, 7) is 4.94. The monoisotopic (exact) mass is 389 g/mol. The molecule has 0 fully saturated rings. The van der Waals surface area contributed by atoms with E-state index >= 15 is 0 Å². The summed E-state index contributed by atoms with van der Waals surface area (Å²) >= 11 is 15.5. The zero-order chi connectivity index (χ0) is 15.6. The average molecular weight is 391 g/mol. The topological polar surface area (TPSA) is 12.0 Å². The Morgan fingerprint density at radius 2 is 1.95 bits per heavy atom. The van der Waals surface area contributed by atoms with Crippen molar-refractivity contribution < 1.29 is 4.39 Å². The van der Waals surface area contributed by atoms with Gasteiger partial charge in [-0.2, -0.15) is 0 Å². The Balaban J connectivity index is 2.43. The van der Waals surface area contributed by atoms with Crippen molar-refractivity contribution in [2.24, 2.45) is 0 Å². The summed E-state index contributed by atoms with van der Waals surface area (Å²) in [6.07, 6.45) is 0. The van der Waals surface area contributed by atoms with Gasteiger partial charge in [0.25, 0.3) is 0 Å². The van der Waals surface area contributed by atoms with Crippen molar-refractivity contribution in [2.75, 3.05) is 6.54 Å². The van der Waals surface area contributed by atoms with Gasteiger partial charge in [0.1, 0.15) is 0 Å². The van der Waals surface area contributed by atoms with Crippen molar-refractivity contribution in [3.05, 3.63) is 56.2 Å². The smallest absolute Gasteiger partial charge is 0.150 e. The van der Waals surface area contributed by atoms with Crippen LogP contribution in [0, 0.1) is 5.82 Å². The van der Waals surface area contributed by atoms with E-state index in [2.05, 4.69) is 21.2 Å². The van der Waals surface area contributed by atoms with Crippen molar-refractivity contribution in [1.82, 2.24) is 5.32 Å². The number of hydrogen-bond acceptors (Lipinski definition) is 1. The van der Waals surface area contributed by atoms with Crippen LogP contribution in [-0.4, -0.2) is 6.54 Å². The molecule has 0 spiro atoms. The van der Waals surface area contributed by atoms with E-state index in [1.165, 1.54) is 0 Å². The predicted octanol–water partition coefficient (Wildman–Crippen LogP) is 6.23. The fourth-order valence-corrected chi connectivity index (χ4v) is 3.03. The Labute approximate surface area is 142 Å². The first-order valence-electron chi connectivity index (χ1n) is 6.62. The highest BCUT2D eigenvalue weighted by atomic mass is 79.9. The Morgan fingerprint density at radius 1 is 1.24 bits per heavy atom. The number of nitrogens with one attached hydrogen (secondary N) is 1. The second-order valence-electron chi connectivity index (χ2n) is 4.74. The molecule has 0 amide bonds. The Bertz CT molecular complexity index is 661. The molecule has 0 aromatic heterocycles. The van der Waals surface area contributed by atoms with Crippen LogP contribution >= 0.6 is 39.1 Å². The van der Waals surface area contributed by atoms with Crippen molar-refractivity contribution in [3.8, 4) is 11.1 Å². The highest BCUT2D eigenvalue weighted by molar-refractivity contribution is 9.10. The molecule has 2 rings (SSSR count). The van der Waals surface area contributed by atoms with E-state index in [1.807, 2.05) is 26.0 Å². The summed E-state index contributed by atoms with van der Waals surface area (Å²) in [5, 5.41) is 3.99. The van der Waals surface area contributed by atoms with Crippen LogP contribution in [0.25, 0.3) is 11.1 Å². The summed E-state index contributed by atoms with van der Waals surface area (Å²) in [4.78, 5) is 0. The highest BCUT2D eigenvalue weighted by Gasteiger charge is 2.14. The molecule has 1 atom stereocenters. The molecule has 0 radical (unpaired) electrons. The highest BCUT2D eigenvalue weighted by Crippen LogP contribution is 2.35. The van der Waals surface area contributed by atoms with Crippen LogP contribution in [0.4, 0.5) is 4.39 Å². The maximum absolute atomic E-state index is 14.2. The van der Waals surface area contributed by atoms with Gasteiger partial charge in [-0.05, 0) is 52.7 Å². The van der Waals surface area contributed by atoms with Gasteiger partial charge in [0.2, 0.25) is 0 Å². The van der Waals surface area contributed by atoms with Crippen LogP contribution < -0.4 is 5.32 Å². The van der Waals surface area contributed by atoms with Gasteiger partial charge in [-0.1, -0.05) is 48.3 Å². The Kier molecular flexibility index (Phi) is 5.67. The second-order valence-corrected chi connectivity index (χ2v) is 6.38. The van der Waals surface area contributed by atoms with Gasteiger partial charge in [-0.15, -0.1) is 0 Å². The largest absolute Gasteiger partial charge is 0.310 e. The second kappa shape index (κ2) is 7.10. The fourth-order valence-electron chi connectivity index (χ4n) is 2.21. The first-order valence-corrected chi connectivity index (χ1v) is 8.17. The SMILES string of the molecule is CCNC(C)c1ccc(-c2ccc(Br)c(Cl)c2F)cc1Cl. The van der Waals surface area contributed by atoms with E-state index in [0.717, 1.165) is 12.1 Å². The first-order chi connectivity index (χ1) is 9.95. The van der Waals surface area contributed by atoms with Crippen molar-refractivity contribution in [1.29, 1.82) is 0 Å². The third-order valence-corrected chi connectivity index (χ3v) is 4.91. The fraction of sp³-hybridized carbons (Fsp3) is 0.250. The average Bonchev–Trinajstić information content (AvgIpc) is 2.45.